The molecule has 15 atom stereocenters. The van der Waals surface area contributed by atoms with Gasteiger partial charge in [0.05, 0.1) is 19.3 Å². The van der Waals surface area contributed by atoms with Gasteiger partial charge in [-0.05, 0) is 122 Å². The number of aliphatic hydroxyl groups is 5. The summed E-state index contributed by atoms with van der Waals surface area (Å²) in [6.45, 7) is 18.5. The van der Waals surface area contributed by atoms with Crippen LogP contribution < -0.4 is 0 Å². The van der Waals surface area contributed by atoms with Crippen molar-refractivity contribution in [3.63, 3.8) is 0 Å². The van der Waals surface area contributed by atoms with E-state index in [1.807, 2.05) is 0 Å². The fourth-order valence-corrected chi connectivity index (χ4v) is 13.3. The summed E-state index contributed by atoms with van der Waals surface area (Å²) >= 11 is 0. The Morgan fingerprint density at radius 1 is 0.796 bits per heavy atom. The lowest BCUT2D eigenvalue weighted by molar-refractivity contribution is -0.302. The number of hydrogen-bond donors (Lipinski definition) is 5. The van der Waals surface area contributed by atoms with E-state index in [2.05, 4.69) is 48.1 Å². The molecule has 5 N–H and O–H groups in total. The molecule has 0 bridgehead atoms. The first-order chi connectivity index (χ1) is 23.0. The molecule has 6 fully saturated rings. The molecule has 6 unspecified atom stereocenters. The molecule has 10 nitrogen and oxygen atoms in total. The molecule has 5 aliphatic carbocycles. The van der Waals surface area contributed by atoms with Crippen molar-refractivity contribution in [2.24, 2.45) is 56.7 Å². The lowest BCUT2D eigenvalue weighted by atomic mass is 9.32. The van der Waals surface area contributed by atoms with Crippen molar-refractivity contribution in [2.75, 3.05) is 26.4 Å². The number of hydrogen-bond acceptors (Lipinski definition) is 10. The Hall–Kier alpha value is -1.27. The normalized spacial score (nSPS) is 50.3. The Morgan fingerprint density at radius 2 is 1.53 bits per heavy atom. The van der Waals surface area contributed by atoms with Crippen LogP contribution in [0.3, 0.4) is 0 Å². The topological polar surface area (TPSA) is 155 Å². The highest BCUT2D eigenvalue weighted by atomic mass is 16.7. The van der Waals surface area contributed by atoms with E-state index in [-0.39, 0.29) is 46.4 Å². The van der Waals surface area contributed by atoms with E-state index in [0.717, 1.165) is 38.5 Å². The minimum Gasteiger partial charge on any atom is -0.434 e. The van der Waals surface area contributed by atoms with E-state index in [1.165, 1.54) is 31.3 Å². The molecule has 280 valence electrons. The molecule has 6 rings (SSSR count). The van der Waals surface area contributed by atoms with Gasteiger partial charge in [0.15, 0.2) is 6.29 Å². The summed E-state index contributed by atoms with van der Waals surface area (Å²) in [4.78, 5) is 12.9. The van der Waals surface area contributed by atoms with E-state index in [4.69, 9.17) is 18.9 Å². The van der Waals surface area contributed by atoms with Crippen LogP contribution in [0.4, 0.5) is 4.79 Å². The summed E-state index contributed by atoms with van der Waals surface area (Å²) in [5.74, 6) is 2.45. The maximum absolute atomic E-state index is 12.9. The van der Waals surface area contributed by atoms with Crippen molar-refractivity contribution >= 4 is 6.16 Å². The van der Waals surface area contributed by atoms with Crippen molar-refractivity contribution < 1.29 is 49.3 Å². The van der Waals surface area contributed by atoms with Gasteiger partial charge in [-0.3, -0.25) is 0 Å². The van der Waals surface area contributed by atoms with Crippen molar-refractivity contribution in [2.45, 2.75) is 143 Å². The van der Waals surface area contributed by atoms with Crippen LogP contribution in [-0.2, 0) is 18.9 Å². The third-order valence-electron chi connectivity index (χ3n) is 16.1. The van der Waals surface area contributed by atoms with E-state index in [1.54, 1.807) is 0 Å². The van der Waals surface area contributed by atoms with E-state index in [9.17, 15) is 30.3 Å². The summed E-state index contributed by atoms with van der Waals surface area (Å²) in [6, 6.07) is 0. The van der Waals surface area contributed by atoms with Gasteiger partial charge in [-0.1, -0.05) is 46.8 Å². The van der Waals surface area contributed by atoms with Gasteiger partial charge in [0.25, 0.3) is 0 Å². The fourth-order valence-electron chi connectivity index (χ4n) is 13.3. The van der Waals surface area contributed by atoms with Gasteiger partial charge < -0.3 is 44.5 Å². The first-order valence-electron chi connectivity index (χ1n) is 19.0. The van der Waals surface area contributed by atoms with Crippen LogP contribution >= 0.6 is 0 Å². The highest BCUT2D eigenvalue weighted by Gasteiger charge is 2.71. The summed E-state index contributed by atoms with van der Waals surface area (Å²) in [5, 5.41) is 50.6. The maximum atomic E-state index is 12.9. The van der Waals surface area contributed by atoms with Crippen LogP contribution in [0.1, 0.15) is 106 Å². The molecule has 0 radical (unpaired) electrons. The lowest BCUT2D eigenvalue weighted by Gasteiger charge is -2.73. The summed E-state index contributed by atoms with van der Waals surface area (Å²) in [6.07, 6.45) is 3.08. The van der Waals surface area contributed by atoms with Crippen molar-refractivity contribution in [3.8, 4) is 0 Å². The molecule has 0 aromatic rings. The quantitative estimate of drug-likeness (QED) is 0.134. The maximum Gasteiger partial charge on any atom is 0.508 e. The molecular formula is C39H64O10. The average Bonchev–Trinajstić information content (AvgIpc) is 3.44. The second-order valence-corrected chi connectivity index (χ2v) is 18.4. The predicted octanol–water partition coefficient (Wildman–Crippen LogP) is 4.97. The minimum atomic E-state index is -1.54. The van der Waals surface area contributed by atoms with Gasteiger partial charge in [-0.25, -0.2) is 4.79 Å². The number of ether oxygens (including phenoxy) is 4. The number of aliphatic hydroxyl groups excluding tert-OH is 5. The van der Waals surface area contributed by atoms with Gasteiger partial charge >= 0.3 is 6.16 Å². The van der Waals surface area contributed by atoms with E-state index < -0.39 is 43.5 Å². The zero-order chi connectivity index (χ0) is 35.7. The highest BCUT2D eigenvalue weighted by molar-refractivity contribution is 5.59. The molecular weight excluding hydrogens is 628 g/mol. The standard InChI is InChI=1S/C39H64O10/c1-22(2)23-10-15-39(21-48-34(45)47-19-18-46-33-32(44)31(43)30(42)25(20-40)49-33)17-16-37(6)24(29(23)39)8-9-27-36(5)13-12-28(41)35(3,4)26(36)11-14-38(27,37)7/h23-33,40-44H,1,8-21H2,2-7H3/t23?,24?,25-,26?,27?,28+,29?,30-,31+,32-,33-,36+,37-,38-,39?/m1/s1. The van der Waals surface area contributed by atoms with Crippen LogP contribution in [-0.4, -0.2) is 94.9 Å². The van der Waals surface area contributed by atoms with Crippen LogP contribution in [0.5, 0.6) is 0 Å². The van der Waals surface area contributed by atoms with Gasteiger partial charge in [0.1, 0.15) is 37.6 Å². The monoisotopic (exact) mass is 692 g/mol. The third-order valence-corrected chi connectivity index (χ3v) is 16.1. The zero-order valence-corrected chi connectivity index (χ0v) is 30.7. The average molecular weight is 693 g/mol. The molecule has 0 aromatic carbocycles. The number of carbonyl (C=O) groups is 1. The summed E-state index contributed by atoms with van der Waals surface area (Å²) < 4.78 is 22.1. The predicted molar refractivity (Wildman–Crippen MR) is 182 cm³/mol. The Morgan fingerprint density at radius 3 is 2.22 bits per heavy atom. The Labute approximate surface area is 292 Å². The van der Waals surface area contributed by atoms with Gasteiger partial charge in [-0.2, -0.15) is 0 Å². The summed E-state index contributed by atoms with van der Waals surface area (Å²) in [5.41, 5.74) is 1.63. The molecule has 49 heavy (non-hydrogen) atoms. The van der Waals surface area contributed by atoms with Gasteiger partial charge in [0.2, 0.25) is 0 Å². The molecule has 1 aliphatic heterocycles. The van der Waals surface area contributed by atoms with Crippen LogP contribution in [0.25, 0.3) is 0 Å². The van der Waals surface area contributed by atoms with Crippen molar-refractivity contribution in [1.29, 1.82) is 0 Å². The summed E-state index contributed by atoms with van der Waals surface area (Å²) in [7, 11) is 0. The molecule has 1 heterocycles. The molecule has 10 heteroatoms. The first-order valence-corrected chi connectivity index (χ1v) is 19.0. The molecule has 0 spiro atoms. The smallest absolute Gasteiger partial charge is 0.434 e. The molecule has 1 saturated heterocycles. The third kappa shape index (κ3) is 5.82. The number of rotatable bonds is 8. The number of fused-ring (bicyclic) bond motifs is 7. The Bertz CT molecular complexity index is 1240. The molecule has 0 amide bonds. The number of allylic oxidation sites excluding steroid dienone is 1. The molecule has 0 aromatic heterocycles. The van der Waals surface area contributed by atoms with E-state index in [0.29, 0.717) is 36.2 Å². The minimum absolute atomic E-state index is 0.0671. The van der Waals surface area contributed by atoms with Crippen molar-refractivity contribution in [3.05, 3.63) is 12.2 Å². The zero-order valence-electron chi connectivity index (χ0n) is 30.7. The van der Waals surface area contributed by atoms with E-state index >= 15 is 0 Å². The van der Waals surface area contributed by atoms with Crippen LogP contribution in [0.15, 0.2) is 12.2 Å². The number of carbonyl (C=O) groups excluding carboxylic acids is 1. The SMILES string of the molecule is C=C(C)C1CCC2(COC(=O)OCCO[C@@H]3O[C@H](CO)[C@@H](O)[C@H](O)[C@H]3O)CC[C@]3(C)C(CCC4[C@@]5(C)CC[C@H](O)C(C)(C)C5CC[C@]43C)C12. The van der Waals surface area contributed by atoms with Crippen LogP contribution in [0.2, 0.25) is 0 Å². The highest BCUT2D eigenvalue weighted by Crippen LogP contribution is 2.77. The molecule has 5 saturated carbocycles. The largest absolute Gasteiger partial charge is 0.508 e. The molecule has 6 aliphatic rings. The van der Waals surface area contributed by atoms with Gasteiger partial charge in [0, 0.05) is 5.41 Å². The second kappa shape index (κ2) is 13.3. The second-order valence-electron chi connectivity index (χ2n) is 18.4. The van der Waals surface area contributed by atoms with Gasteiger partial charge in [-0.15, -0.1) is 0 Å². The van der Waals surface area contributed by atoms with Crippen molar-refractivity contribution in [1.82, 2.24) is 0 Å². The first kappa shape index (κ1) is 37.5. The lowest BCUT2D eigenvalue weighted by Crippen LogP contribution is -2.66. The van der Waals surface area contributed by atoms with Crippen LogP contribution in [0, 0.1) is 56.7 Å². The Balaban J connectivity index is 1.12. The fraction of sp³-hybridized carbons (Fsp3) is 0.923. The Kier molecular flexibility index (Phi) is 10.2.